The molecule has 0 radical (unpaired) electrons. The van der Waals surface area contributed by atoms with Gasteiger partial charge in [0.05, 0.1) is 12.0 Å². The minimum Gasteiger partial charge on any atom is -0.490 e. The fourth-order valence-corrected chi connectivity index (χ4v) is 3.54. The summed E-state index contributed by atoms with van der Waals surface area (Å²) in [6, 6.07) is 3.51. The number of benzene rings is 1. The van der Waals surface area contributed by atoms with Crippen LogP contribution in [0.3, 0.4) is 0 Å². The van der Waals surface area contributed by atoms with Crippen LogP contribution < -0.4 is 15.0 Å². The summed E-state index contributed by atoms with van der Waals surface area (Å²) in [5, 5.41) is 14.5. The normalized spacial score (nSPS) is 19.8. The van der Waals surface area contributed by atoms with E-state index in [2.05, 4.69) is 10.2 Å². The average molecular weight is 305 g/mol. The van der Waals surface area contributed by atoms with E-state index in [1.54, 1.807) is 6.07 Å². The van der Waals surface area contributed by atoms with Crippen molar-refractivity contribution in [1.29, 1.82) is 0 Å². The zero-order valence-corrected chi connectivity index (χ0v) is 13.2. The Hall–Kier alpha value is -1.82. The van der Waals surface area contributed by atoms with Gasteiger partial charge < -0.3 is 15.0 Å². The van der Waals surface area contributed by atoms with E-state index >= 15 is 0 Å². The van der Waals surface area contributed by atoms with Gasteiger partial charge in [-0.25, -0.2) is 0 Å². The van der Waals surface area contributed by atoms with Gasteiger partial charge >= 0.3 is 5.69 Å². The first-order valence-electron chi connectivity index (χ1n) is 7.89. The molecule has 22 heavy (non-hydrogen) atoms. The molecular formula is C16H23N3O3. The number of nitro benzene ring substituents is 1. The molecule has 0 bridgehead atoms. The van der Waals surface area contributed by atoms with Gasteiger partial charge in [0.25, 0.3) is 0 Å². The number of rotatable bonds is 4. The van der Waals surface area contributed by atoms with Crippen LogP contribution in [-0.2, 0) is 6.42 Å². The minimum absolute atomic E-state index is 0.0553. The van der Waals surface area contributed by atoms with E-state index in [4.69, 9.17) is 4.74 Å². The van der Waals surface area contributed by atoms with Crippen LogP contribution in [0.1, 0.15) is 25.3 Å². The van der Waals surface area contributed by atoms with Crippen molar-refractivity contribution in [2.24, 2.45) is 5.41 Å². The smallest absolute Gasteiger partial charge is 0.311 e. The molecule has 1 aromatic carbocycles. The Morgan fingerprint density at radius 2 is 2.05 bits per heavy atom. The summed E-state index contributed by atoms with van der Waals surface area (Å²) in [5.74, 6) is 0.350. The van der Waals surface area contributed by atoms with Gasteiger partial charge in [0, 0.05) is 44.0 Å². The Morgan fingerprint density at radius 1 is 1.36 bits per heavy atom. The molecule has 0 aromatic heterocycles. The molecule has 1 aromatic rings. The van der Waals surface area contributed by atoms with E-state index in [-0.39, 0.29) is 10.6 Å². The van der Waals surface area contributed by atoms with Crippen LogP contribution in [0.2, 0.25) is 0 Å². The van der Waals surface area contributed by atoms with Gasteiger partial charge in [-0.1, -0.05) is 6.92 Å². The highest BCUT2D eigenvalue weighted by Gasteiger charge is 2.40. The molecule has 0 aliphatic carbocycles. The molecule has 2 aliphatic rings. The van der Waals surface area contributed by atoms with Gasteiger partial charge in [0.15, 0.2) is 5.75 Å². The highest BCUT2D eigenvalue weighted by molar-refractivity contribution is 5.64. The number of nitrogens with zero attached hydrogens (tertiary/aromatic N) is 2. The summed E-state index contributed by atoms with van der Waals surface area (Å²) in [6.07, 6.45) is 3.15. The van der Waals surface area contributed by atoms with Gasteiger partial charge in [-0.3, -0.25) is 10.1 Å². The number of nitrogens with one attached hydrogen (secondary N) is 1. The van der Waals surface area contributed by atoms with Crippen molar-refractivity contribution >= 4 is 11.4 Å². The Kier molecular flexibility index (Phi) is 3.95. The number of methoxy groups -OCH3 is 1. The van der Waals surface area contributed by atoms with Crippen molar-refractivity contribution in [2.75, 3.05) is 38.2 Å². The number of hydrogen-bond acceptors (Lipinski definition) is 5. The second-order valence-corrected chi connectivity index (χ2v) is 6.35. The Morgan fingerprint density at radius 3 is 2.50 bits per heavy atom. The molecule has 120 valence electrons. The van der Waals surface area contributed by atoms with Crippen LogP contribution in [0.15, 0.2) is 12.1 Å². The van der Waals surface area contributed by atoms with Gasteiger partial charge in [-0.05, 0) is 30.2 Å². The van der Waals surface area contributed by atoms with Gasteiger partial charge in [-0.15, -0.1) is 0 Å². The molecule has 1 spiro atoms. The maximum atomic E-state index is 11.2. The first-order chi connectivity index (χ1) is 10.6. The van der Waals surface area contributed by atoms with E-state index < -0.39 is 0 Å². The number of hydrogen-bond donors (Lipinski definition) is 1. The van der Waals surface area contributed by atoms with Crippen molar-refractivity contribution < 1.29 is 9.66 Å². The van der Waals surface area contributed by atoms with Crippen LogP contribution in [0.4, 0.5) is 11.4 Å². The summed E-state index contributed by atoms with van der Waals surface area (Å²) in [4.78, 5) is 13.2. The van der Waals surface area contributed by atoms with Crippen molar-refractivity contribution in [3.8, 4) is 5.75 Å². The number of nitro groups is 1. The zero-order chi connectivity index (χ0) is 15.7. The highest BCUT2D eigenvalue weighted by Crippen LogP contribution is 2.40. The van der Waals surface area contributed by atoms with Crippen molar-refractivity contribution in [3.63, 3.8) is 0 Å². The third-order valence-electron chi connectivity index (χ3n) is 5.12. The van der Waals surface area contributed by atoms with Gasteiger partial charge in [-0.2, -0.15) is 0 Å². The SMILES string of the molecule is CCc1cc([N+](=O)[O-])c(OC)cc1N1CCC2(CC1)CNC2. The van der Waals surface area contributed by atoms with E-state index in [1.165, 1.54) is 20.0 Å². The standard InChI is InChI=1S/C16H23N3O3/c1-3-12-8-14(19(20)21)15(22-2)9-13(12)18-6-4-16(5-7-18)10-17-11-16/h8-9,17H,3-7,10-11H2,1-2H3. The summed E-state index contributed by atoms with van der Waals surface area (Å²) in [7, 11) is 1.49. The summed E-state index contributed by atoms with van der Waals surface area (Å²) in [5.41, 5.74) is 2.66. The lowest BCUT2D eigenvalue weighted by Gasteiger charge is -2.49. The zero-order valence-electron chi connectivity index (χ0n) is 13.2. The Bertz CT molecular complexity index is 574. The molecule has 1 N–H and O–H groups in total. The first-order valence-corrected chi connectivity index (χ1v) is 7.89. The monoisotopic (exact) mass is 305 g/mol. The van der Waals surface area contributed by atoms with Crippen LogP contribution >= 0.6 is 0 Å². The van der Waals surface area contributed by atoms with Crippen molar-refractivity contribution in [3.05, 3.63) is 27.8 Å². The molecule has 2 fully saturated rings. The first kappa shape index (κ1) is 15.1. The maximum Gasteiger partial charge on any atom is 0.311 e. The lowest BCUT2D eigenvalue weighted by Crippen LogP contribution is -2.58. The summed E-state index contributed by atoms with van der Waals surface area (Å²) >= 11 is 0. The molecule has 2 saturated heterocycles. The molecule has 6 nitrogen and oxygen atoms in total. The molecule has 0 unspecified atom stereocenters. The van der Waals surface area contributed by atoms with Gasteiger partial charge in [0.2, 0.25) is 0 Å². The number of piperidine rings is 1. The molecule has 2 aliphatic heterocycles. The molecule has 0 amide bonds. The maximum absolute atomic E-state index is 11.2. The molecule has 2 heterocycles. The predicted molar refractivity (Wildman–Crippen MR) is 85.8 cm³/mol. The van der Waals surface area contributed by atoms with Crippen LogP contribution in [-0.4, -0.2) is 38.2 Å². The summed E-state index contributed by atoms with van der Waals surface area (Å²) in [6.45, 7) is 6.32. The fourth-order valence-electron chi connectivity index (χ4n) is 3.54. The highest BCUT2D eigenvalue weighted by atomic mass is 16.6. The molecular weight excluding hydrogens is 282 g/mol. The third-order valence-corrected chi connectivity index (χ3v) is 5.12. The topological polar surface area (TPSA) is 67.6 Å². The van der Waals surface area contributed by atoms with E-state index in [1.807, 2.05) is 13.0 Å². The number of anilines is 1. The van der Waals surface area contributed by atoms with Crippen LogP contribution in [0.25, 0.3) is 0 Å². The lowest BCUT2D eigenvalue weighted by molar-refractivity contribution is -0.385. The molecule has 0 saturated carbocycles. The third kappa shape index (κ3) is 2.52. The molecule has 0 atom stereocenters. The van der Waals surface area contributed by atoms with Crippen molar-refractivity contribution in [2.45, 2.75) is 26.2 Å². The van der Waals surface area contributed by atoms with Gasteiger partial charge in [0.1, 0.15) is 0 Å². The van der Waals surface area contributed by atoms with Crippen LogP contribution in [0, 0.1) is 15.5 Å². The predicted octanol–water partition coefficient (Wildman–Crippen LogP) is 2.36. The van der Waals surface area contributed by atoms with E-state index in [9.17, 15) is 10.1 Å². The Balaban J connectivity index is 1.87. The lowest BCUT2D eigenvalue weighted by atomic mass is 9.73. The molecule has 6 heteroatoms. The van der Waals surface area contributed by atoms with Crippen molar-refractivity contribution in [1.82, 2.24) is 5.32 Å². The van der Waals surface area contributed by atoms with E-state index in [0.29, 0.717) is 11.2 Å². The Labute approximate surface area is 130 Å². The molecule has 3 rings (SSSR count). The summed E-state index contributed by atoms with van der Waals surface area (Å²) < 4.78 is 5.23. The quantitative estimate of drug-likeness (QED) is 0.683. The number of ether oxygens (including phenoxy) is 1. The average Bonchev–Trinajstić information content (AvgIpc) is 2.52. The minimum atomic E-state index is -0.368. The second-order valence-electron chi connectivity index (χ2n) is 6.35. The van der Waals surface area contributed by atoms with E-state index in [0.717, 1.165) is 43.9 Å². The largest absolute Gasteiger partial charge is 0.490 e. The fraction of sp³-hybridized carbons (Fsp3) is 0.625. The number of aryl methyl sites for hydroxylation is 1. The second kappa shape index (κ2) is 5.76. The van der Waals surface area contributed by atoms with Crippen LogP contribution in [0.5, 0.6) is 5.75 Å².